The first kappa shape index (κ1) is 19.8. The molecule has 0 amide bonds. The second-order valence-corrected chi connectivity index (χ2v) is 5.43. The molecule has 2 aromatic rings. The van der Waals surface area contributed by atoms with E-state index in [1.807, 2.05) is 6.92 Å². The molecule has 6 heteroatoms. The molecule has 26 heavy (non-hydrogen) atoms. The van der Waals surface area contributed by atoms with Crippen molar-refractivity contribution in [3.05, 3.63) is 77.9 Å². The van der Waals surface area contributed by atoms with Gasteiger partial charge in [-0.2, -0.15) is 0 Å². The molecule has 0 heterocycles. The van der Waals surface area contributed by atoms with Crippen LogP contribution in [0.25, 0.3) is 16.7 Å². The molecule has 0 saturated heterocycles. The van der Waals surface area contributed by atoms with E-state index in [0.29, 0.717) is 23.1 Å². The smallest absolute Gasteiger partial charge is 0.288 e. The standard InChI is InChI=1S/C20H17F5O/c1-2-4-15(5-3-12-26-20(23,24)25)18-11-8-16(13-19(18)22)14-6-9-17(21)10-7-14/h3-11,13H,2,12H2,1H3/b5-3-,15-4+. The van der Waals surface area contributed by atoms with E-state index >= 15 is 0 Å². The van der Waals surface area contributed by atoms with Gasteiger partial charge in [-0.25, -0.2) is 8.78 Å². The Morgan fingerprint density at radius 2 is 1.65 bits per heavy atom. The summed E-state index contributed by atoms with van der Waals surface area (Å²) < 4.78 is 67.2. The van der Waals surface area contributed by atoms with Crippen molar-refractivity contribution in [1.29, 1.82) is 0 Å². The van der Waals surface area contributed by atoms with Crippen LogP contribution in [-0.2, 0) is 4.74 Å². The third-order valence-electron chi connectivity index (χ3n) is 3.52. The topological polar surface area (TPSA) is 9.23 Å². The first-order valence-corrected chi connectivity index (χ1v) is 7.93. The average molecular weight is 368 g/mol. The van der Waals surface area contributed by atoms with Crippen molar-refractivity contribution < 1.29 is 26.7 Å². The van der Waals surface area contributed by atoms with Crippen LogP contribution < -0.4 is 0 Å². The molecule has 0 unspecified atom stereocenters. The van der Waals surface area contributed by atoms with Crippen LogP contribution in [0, 0.1) is 11.6 Å². The lowest BCUT2D eigenvalue weighted by Crippen LogP contribution is -2.12. The van der Waals surface area contributed by atoms with Gasteiger partial charge in [0, 0.05) is 5.56 Å². The predicted octanol–water partition coefficient (Wildman–Crippen LogP) is 6.52. The first-order valence-electron chi connectivity index (χ1n) is 7.93. The zero-order valence-corrected chi connectivity index (χ0v) is 14.0. The molecular formula is C20H17F5O. The summed E-state index contributed by atoms with van der Waals surface area (Å²) in [5.41, 5.74) is 1.96. The van der Waals surface area contributed by atoms with E-state index in [2.05, 4.69) is 4.74 Å². The van der Waals surface area contributed by atoms with Gasteiger partial charge in [-0.3, -0.25) is 4.74 Å². The molecule has 2 rings (SSSR count). The van der Waals surface area contributed by atoms with Gasteiger partial charge in [-0.05, 0) is 41.3 Å². The SMILES string of the molecule is CC/C=C(\C=C/COC(F)(F)F)c1ccc(-c2ccc(F)cc2)cc1F. The highest BCUT2D eigenvalue weighted by atomic mass is 19.4. The summed E-state index contributed by atoms with van der Waals surface area (Å²) in [6.07, 6.45) is 0.160. The van der Waals surface area contributed by atoms with Crippen LogP contribution in [0.4, 0.5) is 22.0 Å². The van der Waals surface area contributed by atoms with Gasteiger partial charge in [-0.1, -0.05) is 49.4 Å². The number of benzene rings is 2. The van der Waals surface area contributed by atoms with Gasteiger partial charge >= 0.3 is 6.36 Å². The Bertz CT molecular complexity index is 789. The van der Waals surface area contributed by atoms with Gasteiger partial charge in [0.15, 0.2) is 0 Å². The van der Waals surface area contributed by atoms with Crippen molar-refractivity contribution in [2.24, 2.45) is 0 Å². The Morgan fingerprint density at radius 1 is 1.00 bits per heavy atom. The Hall–Kier alpha value is -2.47. The summed E-state index contributed by atoms with van der Waals surface area (Å²) in [6, 6.07) is 10.2. The predicted molar refractivity (Wildman–Crippen MR) is 91.2 cm³/mol. The number of hydrogen-bond donors (Lipinski definition) is 0. The molecule has 1 nitrogen and oxygen atoms in total. The highest BCUT2D eigenvalue weighted by molar-refractivity contribution is 5.76. The maximum Gasteiger partial charge on any atom is 0.522 e. The fourth-order valence-corrected chi connectivity index (χ4v) is 2.38. The van der Waals surface area contributed by atoms with Gasteiger partial charge in [-0.15, -0.1) is 13.2 Å². The molecule has 0 fully saturated rings. The van der Waals surface area contributed by atoms with Crippen molar-refractivity contribution in [1.82, 2.24) is 0 Å². The number of rotatable bonds is 6. The number of hydrogen-bond acceptors (Lipinski definition) is 1. The molecule has 0 aliphatic heterocycles. The molecule has 138 valence electrons. The summed E-state index contributed by atoms with van der Waals surface area (Å²) in [4.78, 5) is 0. The molecule has 0 bridgehead atoms. The lowest BCUT2D eigenvalue weighted by Gasteiger charge is -2.09. The Labute approximate surface area is 148 Å². The Balaban J connectivity index is 2.22. The summed E-state index contributed by atoms with van der Waals surface area (Å²) in [5.74, 6) is -0.905. The van der Waals surface area contributed by atoms with Gasteiger partial charge in [0.25, 0.3) is 0 Å². The lowest BCUT2D eigenvalue weighted by molar-refractivity contribution is -0.319. The summed E-state index contributed by atoms with van der Waals surface area (Å²) in [7, 11) is 0. The maximum absolute atomic E-state index is 14.5. The van der Waals surface area contributed by atoms with Gasteiger partial charge in [0.2, 0.25) is 0 Å². The van der Waals surface area contributed by atoms with E-state index in [-0.39, 0.29) is 11.4 Å². The van der Waals surface area contributed by atoms with Crippen LogP contribution >= 0.6 is 0 Å². The van der Waals surface area contributed by atoms with Gasteiger partial charge in [0.1, 0.15) is 11.6 Å². The van der Waals surface area contributed by atoms with E-state index in [1.165, 1.54) is 30.4 Å². The van der Waals surface area contributed by atoms with Crippen LogP contribution in [0.2, 0.25) is 0 Å². The minimum atomic E-state index is -4.71. The first-order chi connectivity index (χ1) is 12.3. The minimum absolute atomic E-state index is 0.265. The van der Waals surface area contributed by atoms with Crippen LogP contribution in [0.5, 0.6) is 0 Å². The van der Waals surface area contributed by atoms with E-state index in [9.17, 15) is 22.0 Å². The third-order valence-corrected chi connectivity index (χ3v) is 3.52. The zero-order valence-electron chi connectivity index (χ0n) is 14.0. The summed E-state index contributed by atoms with van der Waals surface area (Å²) in [6.45, 7) is 1.19. The quantitative estimate of drug-likeness (QED) is 0.417. The molecule has 0 aliphatic rings. The van der Waals surface area contributed by atoms with Crippen molar-refractivity contribution in [2.75, 3.05) is 6.61 Å². The van der Waals surface area contributed by atoms with Crippen molar-refractivity contribution in [3.8, 4) is 11.1 Å². The Kier molecular flexibility index (Phi) is 6.69. The van der Waals surface area contributed by atoms with Crippen molar-refractivity contribution in [3.63, 3.8) is 0 Å². The van der Waals surface area contributed by atoms with Crippen LogP contribution in [0.15, 0.2) is 60.7 Å². The molecule has 2 aromatic carbocycles. The fraction of sp³-hybridized carbons (Fsp3) is 0.200. The maximum atomic E-state index is 14.5. The highest BCUT2D eigenvalue weighted by Gasteiger charge is 2.28. The molecule has 0 atom stereocenters. The number of ether oxygens (including phenoxy) is 1. The average Bonchev–Trinajstić information content (AvgIpc) is 2.57. The largest absolute Gasteiger partial charge is 0.522 e. The summed E-state index contributed by atoms with van der Waals surface area (Å²) in [5, 5.41) is 0. The molecule has 0 N–H and O–H groups in total. The molecule has 0 aliphatic carbocycles. The van der Waals surface area contributed by atoms with E-state index in [4.69, 9.17) is 0 Å². The van der Waals surface area contributed by atoms with Crippen molar-refractivity contribution >= 4 is 5.57 Å². The molecule has 0 radical (unpaired) electrons. The fourth-order valence-electron chi connectivity index (χ4n) is 2.38. The highest BCUT2D eigenvalue weighted by Crippen LogP contribution is 2.27. The monoisotopic (exact) mass is 368 g/mol. The number of allylic oxidation sites excluding steroid dienone is 3. The van der Waals surface area contributed by atoms with Gasteiger partial charge in [0.05, 0.1) is 6.61 Å². The van der Waals surface area contributed by atoms with E-state index < -0.39 is 18.8 Å². The second-order valence-electron chi connectivity index (χ2n) is 5.43. The molecule has 0 saturated carbocycles. The minimum Gasteiger partial charge on any atom is -0.288 e. The van der Waals surface area contributed by atoms with Crippen LogP contribution in [0.1, 0.15) is 18.9 Å². The summed E-state index contributed by atoms with van der Waals surface area (Å²) >= 11 is 0. The number of halogens is 5. The van der Waals surface area contributed by atoms with Crippen LogP contribution in [-0.4, -0.2) is 13.0 Å². The Morgan fingerprint density at radius 3 is 2.23 bits per heavy atom. The zero-order chi connectivity index (χ0) is 19.2. The van der Waals surface area contributed by atoms with Crippen LogP contribution in [0.3, 0.4) is 0 Å². The third kappa shape index (κ3) is 5.81. The van der Waals surface area contributed by atoms with E-state index in [1.54, 1.807) is 30.3 Å². The second kappa shape index (κ2) is 8.76. The lowest BCUT2D eigenvalue weighted by atomic mass is 9.98. The normalized spacial score (nSPS) is 12.8. The molecule has 0 spiro atoms. The van der Waals surface area contributed by atoms with Gasteiger partial charge < -0.3 is 0 Å². The van der Waals surface area contributed by atoms with Crippen molar-refractivity contribution in [2.45, 2.75) is 19.7 Å². The number of alkyl halides is 3. The molecule has 0 aromatic heterocycles. The molecular weight excluding hydrogens is 351 g/mol. The van der Waals surface area contributed by atoms with E-state index in [0.717, 1.165) is 0 Å².